The van der Waals surface area contributed by atoms with Gasteiger partial charge in [0.05, 0.1) is 7.11 Å². The molecule has 154 valence electrons. The van der Waals surface area contributed by atoms with Gasteiger partial charge in [0, 0.05) is 16.5 Å². The number of hydrogen-bond acceptors (Lipinski definition) is 4. The first kappa shape index (κ1) is 21.5. The van der Waals surface area contributed by atoms with Crippen molar-refractivity contribution in [1.82, 2.24) is 0 Å². The molecule has 0 bridgehead atoms. The molecule has 0 saturated heterocycles. The molecule has 0 radical (unpaired) electrons. The average Bonchev–Trinajstić information content (AvgIpc) is 3.04. The predicted octanol–water partition coefficient (Wildman–Crippen LogP) is 5.92. The van der Waals surface area contributed by atoms with Crippen molar-refractivity contribution < 1.29 is 18.7 Å². The summed E-state index contributed by atoms with van der Waals surface area (Å²) in [5.41, 5.74) is 4.96. The van der Waals surface area contributed by atoms with Crippen molar-refractivity contribution in [2.75, 3.05) is 12.4 Å². The van der Waals surface area contributed by atoms with Crippen molar-refractivity contribution in [3.8, 4) is 11.1 Å². The predicted molar refractivity (Wildman–Crippen MR) is 119 cm³/mol. The molecule has 30 heavy (non-hydrogen) atoms. The summed E-state index contributed by atoms with van der Waals surface area (Å²) < 4.78 is 18.0. The maximum absolute atomic E-state index is 13.0. The standard InChI is InChI=1S/C24H22FNO3S/c1-14-5-9-18(13-15(14)2)21-16(3)30-23(22(21)24(28)29-4)26-20(27)12-8-17-6-10-19(25)11-7-17/h5-13H,1-4H3,(H,26,27)/b12-8+. The third-order valence-electron chi connectivity index (χ3n) is 4.80. The molecular weight excluding hydrogens is 401 g/mol. The summed E-state index contributed by atoms with van der Waals surface area (Å²) in [7, 11) is 1.32. The molecule has 0 aliphatic rings. The number of ether oxygens (including phenoxy) is 1. The molecule has 6 heteroatoms. The number of hydrogen-bond donors (Lipinski definition) is 1. The largest absolute Gasteiger partial charge is 0.465 e. The SMILES string of the molecule is COC(=O)c1c(NC(=O)/C=C/c2ccc(F)cc2)sc(C)c1-c1ccc(C)c(C)c1. The molecule has 0 saturated carbocycles. The van der Waals surface area contributed by atoms with Crippen LogP contribution in [0.1, 0.15) is 31.9 Å². The smallest absolute Gasteiger partial charge is 0.341 e. The Bertz CT molecular complexity index is 1130. The van der Waals surface area contributed by atoms with E-state index >= 15 is 0 Å². The van der Waals surface area contributed by atoms with E-state index in [1.807, 2.05) is 39.0 Å². The number of aryl methyl sites for hydroxylation is 3. The summed E-state index contributed by atoms with van der Waals surface area (Å²) >= 11 is 1.33. The van der Waals surface area contributed by atoms with Crippen molar-refractivity contribution >= 4 is 34.3 Å². The normalized spacial score (nSPS) is 11.0. The van der Waals surface area contributed by atoms with Gasteiger partial charge in [-0.25, -0.2) is 9.18 Å². The van der Waals surface area contributed by atoms with E-state index in [-0.39, 0.29) is 5.82 Å². The van der Waals surface area contributed by atoms with Crippen LogP contribution in [0.25, 0.3) is 17.2 Å². The summed E-state index contributed by atoms with van der Waals surface area (Å²) in [5.74, 6) is -1.24. The number of esters is 1. The number of amides is 1. The van der Waals surface area contributed by atoms with Gasteiger partial charge < -0.3 is 10.1 Å². The molecular formula is C24H22FNO3S. The first-order valence-corrected chi connectivity index (χ1v) is 10.2. The second-order valence-electron chi connectivity index (χ2n) is 6.90. The van der Waals surface area contributed by atoms with Gasteiger partial charge in [0.2, 0.25) is 5.91 Å². The lowest BCUT2D eigenvalue weighted by molar-refractivity contribution is -0.111. The van der Waals surface area contributed by atoms with Crippen LogP contribution >= 0.6 is 11.3 Å². The Kier molecular flexibility index (Phi) is 6.47. The van der Waals surface area contributed by atoms with Crippen LogP contribution in [-0.4, -0.2) is 19.0 Å². The number of nitrogens with one attached hydrogen (secondary N) is 1. The molecule has 4 nitrogen and oxygen atoms in total. The minimum atomic E-state index is -0.509. The Morgan fingerprint density at radius 1 is 1.03 bits per heavy atom. The number of thiophene rings is 1. The van der Waals surface area contributed by atoms with Crippen molar-refractivity contribution in [2.45, 2.75) is 20.8 Å². The lowest BCUT2D eigenvalue weighted by Crippen LogP contribution is -2.11. The number of methoxy groups -OCH3 is 1. The minimum absolute atomic E-state index is 0.340. The number of halogens is 1. The summed E-state index contributed by atoms with van der Waals surface area (Å²) in [6, 6.07) is 11.8. The second-order valence-corrected chi connectivity index (χ2v) is 8.13. The van der Waals surface area contributed by atoms with Crippen molar-refractivity contribution in [3.05, 3.63) is 81.5 Å². The average molecular weight is 424 g/mol. The molecule has 0 unspecified atom stereocenters. The van der Waals surface area contributed by atoms with E-state index in [2.05, 4.69) is 5.32 Å². The van der Waals surface area contributed by atoms with E-state index in [1.165, 1.54) is 36.7 Å². The fourth-order valence-corrected chi connectivity index (χ4v) is 4.14. The van der Waals surface area contributed by atoms with Gasteiger partial charge in [-0.05, 0) is 61.2 Å². The third-order valence-corrected chi connectivity index (χ3v) is 5.82. The van der Waals surface area contributed by atoms with Gasteiger partial charge in [0.25, 0.3) is 0 Å². The van der Waals surface area contributed by atoms with Crippen molar-refractivity contribution in [1.29, 1.82) is 0 Å². The molecule has 0 atom stereocenters. The second kappa shape index (κ2) is 9.05. The minimum Gasteiger partial charge on any atom is -0.465 e. The fraction of sp³-hybridized carbons (Fsp3) is 0.167. The molecule has 3 rings (SSSR count). The first-order valence-electron chi connectivity index (χ1n) is 9.34. The lowest BCUT2D eigenvalue weighted by atomic mass is 9.97. The van der Waals surface area contributed by atoms with Crippen LogP contribution in [0.5, 0.6) is 0 Å². The Morgan fingerprint density at radius 3 is 2.37 bits per heavy atom. The van der Waals surface area contributed by atoms with Gasteiger partial charge in [-0.1, -0.05) is 30.3 Å². The lowest BCUT2D eigenvalue weighted by Gasteiger charge is -2.09. The van der Waals surface area contributed by atoms with Gasteiger partial charge in [-0.3, -0.25) is 4.79 Å². The molecule has 1 heterocycles. The van der Waals surface area contributed by atoms with Crippen LogP contribution in [-0.2, 0) is 9.53 Å². The number of carbonyl (C=O) groups excluding carboxylic acids is 2. The van der Waals surface area contributed by atoms with Gasteiger partial charge in [0.15, 0.2) is 0 Å². The highest BCUT2D eigenvalue weighted by molar-refractivity contribution is 7.17. The maximum atomic E-state index is 13.0. The summed E-state index contributed by atoms with van der Waals surface area (Å²) in [6.45, 7) is 5.95. The third kappa shape index (κ3) is 4.66. The summed E-state index contributed by atoms with van der Waals surface area (Å²) in [4.78, 5) is 25.9. The van der Waals surface area contributed by atoms with Crippen LogP contribution < -0.4 is 5.32 Å². The molecule has 0 fully saturated rings. The van der Waals surface area contributed by atoms with Crippen LogP contribution in [0.3, 0.4) is 0 Å². The fourth-order valence-electron chi connectivity index (χ4n) is 3.07. The number of rotatable bonds is 5. The Morgan fingerprint density at radius 2 is 1.73 bits per heavy atom. The van der Waals surface area contributed by atoms with E-state index < -0.39 is 11.9 Å². The zero-order chi connectivity index (χ0) is 21.8. The molecule has 0 spiro atoms. The monoisotopic (exact) mass is 423 g/mol. The van der Waals surface area contributed by atoms with E-state index in [1.54, 1.807) is 18.2 Å². The quantitative estimate of drug-likeness (QED) is 0.409. The van der Waals surface area contributed by atoms with Crippen LogP contribution in [0, 0.1) is 26.6 Å². The highest BCUT2D eigenvalue weighted by atomic mass is 32.1. The maximum Gasteiger partial charge on any atom is 0.341 e. The number of anilines is 1. The van der Waals surface area contributed by atoms with Gasteiger partial charge in [-0.15, -0.1) is 11.3 Å². The number of carbonyl (C=O) groups is 2. The molecule has 1 amide bonds. The zero-order valence-corrected chi connectivity index (χ0v) is 18.0. The van der Waals surface area contributed by atoms with E-state index in [0.29, 0.717) is 16.1 Å². The molecule has 2 aromatic carbocycles. The summed E-state index contributed by atoms with van der Waals surface area (Å²) in [6.07, 6.45) is 2.93. The topological polar surface area (TPSA) is 55.4 Å². The van der Waals surface area contributed by atoms with Crippen molar-refractivity contribution in [3.63, 3.8) is 0 Å². The Hall–Kier alpha value is -3.25. The van der Waals surface area contributed by atoms with Gasteiger partial charge in [0.1, 0.15) is 16.4 Å². The molecule has 0 aliphatic carbocycles. The summed E-state index contributed by atoms with van der Waals surface area (Å²) in [5, 5.41) is 3.21. The van der Waals surface area contributed by atoms with Gasteiger partial charge in [-0.2, -0.15) is 0 Å². The van der Waals surface area contributed by atoms with Crippen LogP contribution in [0.2, 0.25) is 0 Å². The van der Waals surface area contributed by atoms with E-state index in [4.69, 9.17) is 4.74 Å². The molecule has 0 aliphatic heterocycles. The molecule has 1 N–H and O–H groups in total. The number of benzene rings is 2. The molecule has 3 aromatic rings. The van der Waals surface area contributed by atoms with Crippen molar-refractivity contribution in [2.24, 2.45) is 0 Å². The van der Waals surface area contributed by atoms with E-state index in [0.717, 1.165) is 27.1 Å². The Labute approximate surface area is 179 Å². The highest BCUT2D eigenvalue weighted by Gasteiger charge is 2.25. The zero-order valence-electron chi connectivity index (χ0n) is 17.2. The molecule has 1 aromatic heterocycles. The van der Waals surface area contributed by atoms with Gasteiger partial charge >= 0.3 is 5.97 Å². The van der Waals surface area contributed by atoms with Crippen LogP contribution in [0.4, 0.5) is 9.39 Å². The Balaban J connectivity index is 1.94. The highest BCUT2D eigenvalue weighted by Crippen LogP contribution is 2.40. The van der Waals surface area contributed by atoms with Crippen LogP contribution in [0.15, 0.2) is 48.5 Å². The van der Waals surface area contributed by atoms with E-state index in [9.17, 15) is 14.0 Å². The first-order chi connectivity index (χ1) is 14.3.